The highest BCUT2D eigenvalue weighted by Crippen LogP contribution is 2.50. The van der Waals surface area contributed by atoms with Crippen LogP contribution in [0.1, 0.15) is 59.8 Å². The first-order valence-corrected chi connectivity index (χ1v) is 8.60. The van der Waals surface area contributed by atoms with Crippen molar-refractivity contribution in [2.75, 3.05) is 20.1 Å². The summed E-state index contributed by atoms with van der Waals surface area (Å²) in [6, 6.07) is 0. The Morgan fingerprint density at radius 3 is 2.27 bits per heavy atom. The Hall–Kier alpha value is -0.385. The number of nitrogens with zero attached hydrogens (tertiary/aromatic N) is 1. The van der Waals surface area contributed by atoms with Gasteiger partial charge in [0.15, 0.2) is 0 Å². The molecule has 5 heteroatoms. The minimum Gasteiger partial charge on any atom is -0.398 e. The average Bonchev–Trinajstić information content (AvgIpc) is 2.88. The molecule has 3 rings (SSSR count). The predicted molar refractivity (Wildman–Crippen MR) is 87.2 cm³/mol. The van der Waals surface area contributed by atoms with E-state index in [9.17, 15) is 0 Å². The van der Waals surface area contributed by atoms with Crippen molar-refractivity contribution in [2.24, 2.45) is 5.41 Å². The molecule has 0 aromatic carbocycles. The molecule has 0 N–H and O–H groups in total. The fourth-order valence-electron chi connectivity index (χ4n) is 4.17. The van der Waals surface area contributed by atoms with E-state index >= 15 is 4.39 Å². The van der Waals surface area contributed by atoms with Crippen molar-refractivity contribution in [2.45, 2.75) is 71.0 Å². The Morgan fingerprint density at radius 2 is 1.73 bits per heavy atom. The number of hydrogen-bond acceptors (Lipinski definition) is 3. The molecule has 0 aromatic rings. The number of hydrogen-bond donors (Lipinski definition) is 0. The quantitative estimate of drug-likeness (QED) is 0.689. The third kappa shape index (κ3) is 2.55. The topological polar surface area (TPSA) is 21.7 Å². The van der Waals surface area contributed by atoms with E-state index in [-0.39, 0.29) is 11.1 Å². The Balaban J connectivity index is 1.91. The highest BCUT2D eigenvalue weighted by Gasteiger charge is 2.55. The molecule has 3 aliphatic rings. The molecule has 1 atom stereocenters. The number of likely N-dealkylation sites (tertiary alicyclic amines) is 1. The summed E-state index contributed by atoms with van der Waals surface area (Å²) in [6.45, 7) is 9.93. The molecule has 2 heterocycles. The van der Waals surface area contributed by atoms with E-state index in [4.69, 9.17) is 9.31 Å². The highest BCUT2D eigenvalue weighted by molar-refractivity contribution is 6.53. The first-order valence-electron chi connectivity index (χ1n) is 8.60. The van der Waals surface area contributed by atoms with Crippen molar-refractivity contribution in [3.8, 4) is 0 Å². The van der Waals surface area contributed by atoms with Crippen LogP contribution in [0, 0.1) is 5.41 Å². The lowest BCUT2D eigenvalue weighted by Crippen LogP contribution is -2.41. The molecule has 1 spiro atoms. The zero-order valence-electron chi connectivity index (χ0n) is 14.7. The molecule has 2 saturated heterocycles. The summed E-state index contributed by atoms with van der Waals surface area (Å²) in [5.41, 5.74) is -0.121. The normalized spacial score (nSPS) is 37.1. The molecule has 1 aliphatic carbocycles. The number of rotatable bonds is 1. The van der Waals surface area contributed by atoms with Gasteiger partial charge in [0.25, 0.3) is 0 Å². The minimum atomic E-state index is -0.833. The maximum Gasteiger partial charge on any atom is 0.525 e. The molecule has 124 valence electrons. The van der Waals surface area contributed by atoms with Gasteiger partial charge in [-0.1, -0.05) is 6.42 Å². The van der Waals surface area contributed by atoms with Gasteiger partial charge in [-0.25, -0.2) is 4.39 Å². The molecule has 3 fully saturated rings. The lowest BCUT2D eigenvalue weighted by molar-refractivity contribution is 0.00578. The molecule has 1 saturated carbocycles. The third-order valence-electron chi connectivity index (χ3n) is 6.27. The largest absolute Gasteiger partial charge is 0.525 e. The van der Waals surface area contributed by atoms with Crippen LogP contribution in [0.5, 0.6) is 0 Å². The van der Waals surface area contributed by atoms with Gasteiger partial charge in [-0.15, -0.1) is 0 Å². The van der Waals surface area contributed by atoms with E-state index in [0.717, 1.165) is 44.3 Å². The van der Waals surface area contributed by atoms with Crippen molar-refractivity contribution in [3.63, 3.8) is 0 Å². The molecule has 0 amide bonds. The van der Waals surface area contributed by atoms with E-state index in [1.165, 1.54) is 6.42 Å². The van der Waals surface area contributed by atoms with Crippen molar-refractivity contribution in [3.05, 3.63) is 11.3 Å². The second-order valence-electron chi connectivity index (χ2n) is 8.39. The summed E-state index contributed by atoms with van der Waals surface area (Å²) in [5.74, 6) is 0. The van der Waals surface area contributed by atoms with Gasteiger partial charge < -0.3 is 14.2 Å². The Bertz CT molecular complexity index is 471. The van der Waals surface area contributed by atoms with Gasteiger partial charge in [-0.2, -0.15) is 0 Å². The molecule has 2 aliphatic heterocycles. The summed E-state index contributed by atoms with van der Waals surface area (Å²) >= 11 is 0. The van der Waals surface area contributed by atoms with Crippen LogP contribution in [0.2, 0.25) is 0 Å². The van der Waals surface area contributed by atoms with Crippen LogP contribution < -0.4 is 0 Å². The van der Waals surface area contributed by atoms with Crippen molar-refractivity contribution < 1.29 is 13.7 Å². The lowest BCUT2D eigenvalue weighted by Gasteiger charge is -2.37. The summed E-state index contributed by atoms with van der Waals surface area (Å²) in [7, 11) is 1.30. The van der Waals surface area contributed by atoms with Gasteiger partial charge in [0.1, 0.15) is 5.73 Å². The average molecular weight is 309 g/mol. The molecule has 0 radical (unpaired) electrons. The van der Waals surface area contributed by atoms with Gasteiger partial charge in [-0.05, 0) is 72.5 Å². The second kappa shape index (κ2) is 5.32. The smallest absolute Gasteiger partial charge is 0.398 e. The molecule has 1 unspecified atom stereocenters. The summed E-state index contributed by atoms with van der Waals surface area (Å²) < 4.78 is 27.2. The zero-order chi connectivity index (χ0) is 16.2. The van der Waals surface area contributed by atoms with Crippen molar-refractivity contribution >= 4 is 7.12 Å². The molecule has 0 aromatic heterocycles. The van der Waals surface area contributed by atoms with Gasteiger partial charge in [0, 0.05) is 12.0 Å². The SMILES string of the molecule is CN1CCC2(CCCCC2=C(F)B2OC(C)(C)C(C)(C)O2)C1. The Kier molecular flexibility index (Phi) is 3.98. The Labute approximate surface area is 134 Å². The van der Waals surface area contributed by atoms with Crippen LogP contribution in [-0.4, -0.2) is 43.4 Å². The van der Waals surface area contributed by atoms with Crippen molar-refractivity contribution in [1.82, 2.24) is 4.90 Å². The minimum absolute atomic E-state index is 0.0146. The fraction of sp³-hybridized carbons (Fsp3) is 0.882. The van der Waals surface area contributed by atoms with E-state index < -0.39 is 18.3 Å². The first-order chi connectivity index (χ1) is 10.2. The van der Waals surface area contributed by atoms with Crippen LogP contribution >= 0.6 is 0 Å². The maximum absolute atomic E-state index is 15.3. The number of halogens is 1. The summed E-state index contributed by atoms with van der Waals surface area (Å²) in [6.07, 6.45) is 5.29. The lowest BCUT2D eigenvalue weighted by atomic mass is 9.65. The van der Waals surface area contributed by atoms with E-state index in [2.05, 4.69) is 11.9 Å². The van der Waals surface area contributed by atoms with Crippen LogP contribution in [0.15, 0.2) is 11.3 Å². The summed E-state index contributed by atoms with van der Waals surface area (Å²) in [5, 5.41) is 0. The predicted octanol–water partition coefficient (Wildman–Crippen LogP) is 3.74. The van der Waals surface area contributed by atoms with E-state index in [0.29, 0.717) is 0 Å². The standard InChI is InChI=1S/C17H29BFNO2/c1-15(2)16(3,4)22-18(21-15)14(19)13-8-6-7-9-17(13)10-11-20(5)12-17/h6-12H2,1-5H3. The highest BCUT2D eigenvalue weighted by atomic mass is 19.1. The second-order valence-corrected chi connectivity index (χ2v) is 8.39. The van der Waals surface area contributed by atoms with Crippen LogP contribution in [0.3, 0.4) is 0 Å². The molecule has 3 nitrogen and oxygen atoms in total. The third-order valence-corrected chi connectivity index (χ3v) is 6.27. The van der Waals surface area contributed by atoms with Crippen LogP contribution in [0.4, 0.5) is 4.39 Å². The van der Waals surface area contributed by atoms with E-state index in [1.54, 1.807) is 0 Å². The first kappa shape index (κ1) is 16.5. The van der Waals surface area contributed by atoms with Crippen molar-refractivity contribution in [1.29, 1.82) is 0 Å². The van der Waals surface area contributed by atoms with E-state index in [1.807, 2.05) is 27.7 Å². The summed E-state index contributed by atoms with van der Waals surface area (Å²) in [4.78, 5) is 2.32. The zero-order valence-corrected chi connectivity index (χ0v) is 14.7. The fourth-order valence-corrected chi connectivity index (χ4v) is 4.17. The van der Waals surface area contributed by atoms with Gasteiger partial charge in [0.05, 0.1) is 11.2 Å². The molecule has 0 bridgehead atoms. The van der Waals surface area contributed by atoms with Crippen LogP contribution in [-0.2, 0) is 9.31 Å². The van der Waals surface area contributed by atoms with Gasteiger partial charge in [0.2, 0.25) is 0 Å². The molecular formula is C17H29BFNO2. The monoisotopic (exact) mass is 309 g/mol. The Morgan fingerprint density at radius 1 is 1.09 bits per heavy atom. The molecular weight excluding hydrogens is 280 g/mol. The van der Waals surface area contributed by atoms with Gasteiger partial charge in [-0.3, -0.25) is 0 Å². The maximum atomic E-state index is 15.3. The van der Waals surface area contributed by atoms with Crippen LogP contribution in [0.25, 0.3) is 0 Å². The van der Waals surface area contributed by atoms with Gasteiger partial charge >= 0.3 is 7.12 Å². The molecule has 22 heavy (non-hydrogen) atoms.